The molecule has 0 spiro atoms. The van der Waals surface area contributed by atoms with Crippen LogP contribution in [0.2, 0.25) is 0 Å². The zero-order chi connectivity index (χ0) is 17.5. The molecule has 1 unspecified atom stereocenters. The molecule has 1 fully saturated rings. The molecule has 2 atom stereocenters. The lowest BCUT2D eigenvalue weighted by Gasteiger charge is -2.27. The summed E-state index contributed by atoms with van der Waals surface area (Å²) in [6.45, 7) is 0. The van der Waals surface area contributed by atoms with Crippen LogP contribution in [0, 0.1) is 23.1 Å². The van der Waals surface area contributed by atoms with Gasteiger partial charge in [0.1, 0.15) is 11.7 Å². The van der Waals surface area contributed by atoms with E-state index in [1.54, 1.807) is 0 Å². The number of nitrogens with one attached hydrogen (secondary N) is 1. The van der Waals surface area contributed by atoms with Crippen molar-refractivity contribution >= 4 is 17.4 Å². The van der Waals surface area contributed by atoms with Crippen molar-refractivity contribution in [1.29, 1.82) is 5.26 Å². The predicted molar refractivity (Wildman–Crippen MR) is 89.5 cm³/mol. The summed E-state index contributed by atoms with van der Waals surface area (Å²) in [6.07, 6.45) is 5.14. The van der Waals surface area contributed by atoms with Gasteiger partial charge in [-0.2, -0.15) is 5.26 Å². The van der Waals surface area contributed by atoms with Gasteiger partial charge >= 0.3 is 0 Å². The first-order chi connectivity index (χ1) is 11.5. The highest BCUT2D eigenvalue weighted by Crippen LogP contribution is 2.23. The fourth-order valence-corrected chi connectivity index (χ4v) is 2.66. The van der Waals surface area contributed by atoms with Gasteiger partial charge < -0.3 is 16.8 Å². The van der Waals surface area contributed by atoms with E-state index in [0.29, 0.717) is 5.69 Å². The van der Waals surface area contributed by atoms with Crippen LogP contribution in [0.3, 0.4) is 0 Å². The van der Waals surface area contributed by atoms with Crippen LogP contribution in [-0.2, 0) is 4.79 Å². The van der Waals surface area contributed by atoms with Gasteiger partial charge in [-0.05, 0) is 37.1 Å². The van der Waals surface area contributed by atoms with Crippen molar-refractivity contribution in [3.8, 4) is 6.07 Å². The first kappa shape index (κ1) is 17.5. The summed E-state index contributed by atoms with van der Waals surface area (Å²) in [7, 11) is 0. The van der Waals surface area contributed by atoms with Gasteiger partial charge in [0.25, 0.3) is 5.91 Å². The number of hydrogen-bond donors (Lipinski definition) is 3. The van der Waals surface area contributed by atoms with Gasteiger partial charge in [0.05, 0.1) is 23.2 Å². The van der Waals surface area contributed by atoms with Crippen molar-refractivity contribution in [2.75, 3.05) is 0 Å². The maximum absolute atomic E-state index is 12.9. The molecule has 0 aliphatic heterocycles. The Hall–Kier alpha value is -2.88. The van der Waals surface area contributed by atoms with Crippen molar-refractivity contribution in [1.82, 2.24) is 5.32 Å². The second-order valence-electron chi connectivity index (χ2n) is 5.69. The standard InChI is InChI=1S/C17H20FN5O/c18-12-5-7-13(8-6-12)23-16(20)14(17(21)24)10-22-15-4-2-1-3-11(15)9-19/h5-8,10-11,15,22H,1-4H2,(H2,20,23)(H2,21,24)/b14-10+/t11?,15-/m0/s1. The normalized spacial score (nSPS) is 21.8. The third-order valence-electron chi connectivity index (χ3n) is 3.99. The molecule has 0 heterocycles. The second-order valence-corrected chi connectivity index (χ2v) is 5.69. The Balaban J connectivity index is 2.17. The summed E-state index contributed by atoms with van der Waals surface area (Å²) in [6, 6.07) is 7.62. The van der Waals surface area contributed by atoms with E-state index in [1.807, 2.05) is 0 Å². The molecular weight excluding hydrogens is 309 g/mol. The fourth-order valence-electron chi connectivity index (χ4n) is 2.66. The lowest BCUT2D eigenvalue weighted by atomic mass is 9.85. The molecule has 0 aromatic heterocycles. The smallest absolute Gasteiger partial charge is 0.253 e. The molecule has 7 heteroatoms. The monoisotopic (exact) mass is 329 g/mol. The van der Waals surface area contributed by atoms with Crippen molar-refractivity contribution in [3.63, 3.8) is 0 Å². The maximum atomic E-state index is 12.9. The van der Waals surface area contributed by atoms with Crippen LogP contribution in [0.25, 0.3) is 0 Å². The van der Waals surface area contributed by atoms with Gasteiger partial charge in [-0.15, -0.1) is 0 Å². The SMILES string of the molecule is N#CC1CCCC[C@@H]1N/C=C(/C(N)=O)C(N)=Nc1ccc(F)cc1. The van der Waals surface area contributed by atoms with E-state index in [-0.39, 0.29) is 29.2 Å². The molecule has 0 radical (unpaired) electrons. The summed E-state index contributed by atoms with van der Waals surface area (Å²) < 4.78 is 12.9. The highest BCUT2D eigenvalue weighted by molar-refractivity contribution is 6.20. The van der Waals surface area contributed by atoms with Gasteiger partial charge in [0, 0.05) is 12.2 Å². The van der Waals surface area contributed by atoms with Crippen molar-refractivity contribution in [3.05, 3.63) is 41.9 Å². The largest absolute Gasteiger partial charge is 0.386 e. The number of primary amides is 1. The molecule has 24 heavy (non-hydrogen) atoms. The number of nitrogens with two attached hydrogens (primary N) is 2. The second kappa shape index (κ2) is 8.11. The zero-order valence-corrected chi connectivity index (χ0v) is 13.2. The number of amidine groups is 1. The Kier molecular flexibility index (Phi) is 5.90. The topological polar surface area (TPSA) is 117 Å². The third-order valence-corrected chi connectivity index (χ3v) is 3.99. The molecule has 126 valence electrons. The Bertz CT molecular complexity index is 690. The van der Waals surface area contributed by atoms with E-state index in [2.05, 4.69) is 16.4 Å². The van der Waals surface area contributed by atoms with Crippen LogP contribution in [0.1, 0.15) is 25.7 Å². The molecule has 2 rings (SSSR count). The van der Waals surface area contributed by atoms with Crippen LogP contribution < -0.4 is 16.8 Å². The average molecular weight is 329 g/mol. The zero-order valence-electron chi connectivity index (χ0n) is 13.2. The van der Waals surface area contributed by atoms with Crippen molar-refractivity contribution < 1.29 is 9.18 Å². The predicted octanol–water partition coefficient (Wildman–Crippen LogP) is 1.86. The molecular formula is C17H20FN5O. The van der Waals surface area contributed by atoms with E-state index < -0.39 is 5.91 Å². The minimum atomic E-state index is -0.727. The molecule has 1 aromatic carbocycles. The van der Waals surface area contributed by atoms with E-state index >= 15 is 0 Å². The van der Waals surface area contributed by atoms with Gasteiger partial charge in [0.2, 0.25) is 0 Å². The Morgan fingerprint density at radius 2 is 1.96 bits per heavy atom. The Morgan fingerprint density at radius 1 is 1.29 bits per heavy atom. The molecule has 0 bridgehead atoms. The molecule has 1 aliphatic carbocycles. The Morgan fingerprint density at radius 3 is 2.58 bits per heavy atom. The van der Waals surface area contributed by atoms with Crippen LogP contribution in [0.5, 0.6) is 0 Å². The lowest BCUT2D eigenvalue weighted by molar-refractivity contribution is -0.114. The summed E-state index contributed by atoms with van der Waals surface area (Å²) in [5.74, 6) is -1.29. The molecule has 1 aliphatic rings. The minimum Gasteiger partial charge on any atom is -0.386 e. The lowest BCUT2D eigenvalue weighted by Crippen LogP contribution is -2.37. The van der Waals surface area contributed by atoms with Gasteiger partial charge in [0.15, 0.2) is 0 Å². The summed E-state index contributed by atoms with van der Waals surface area (Å²) in [4.78, 5) is 15.7. The molecule has 0 saturated heterocycles. The summed E-state index contributed by atoms with van der Waals surface area (Å²) in [5, 5.41) is 12.3. The van der Waals surface area contributed by atoms with E-state index in [4.69, 9.17) is 11.5 Å². The van der Waals surface area contributed by atoms with E-state index in [0.717, 1.165) is 25.7 Å². The molecule has 1 saturated carbocycles. The van der Waals surface area contributed by atoms with Crippen LogP contribution >= 0.6 is 0 Å². The number of amides is 1. The molecule has 1 amide bonds. The quantitative estimate of drug-likeness (QED) is 0.434. The minimum absolute atomic E-state index is 0.0292. The van der Waals surface area contributed by atoms with E-state index in [9.17, 15) is 14.4 Å². The van der Waals surface area contributed by atoms with Gasteiger partial charge in [-0.1, -0.05) is 12.8 Å². The highest BCUT2D eigenvalue weighted by Gasteiger charge is 2.24. The van der Waals surface area contributed by atoms with Crippen LogP contribution in [0.4, 0.5) is 10.1 Å². The van der Waals surface area contributed by atoms with Gasteiger partial charge in [-0.25, -0.2) is 9.38 Å². The number of carbonyl (C=O) groups excluding carboxylic acids is 1. The molecule has 5 N–H and O–H groups in total. The number of nitriles is 1. The number of benzene rings is 1. The number of aliphatic imine (C=N–C) groups is 1. The first-order valence-electron chi connectivity index (χ1n) is 7.77. The van der Waals surface area contributed by atoms with Crippen molar-refractivity contribution in [2.24, 2.45) is 22.4 Å². The number of halogens is 1. The molecule has 6 nitrogen and oxygen atoms in total. The molecule has 1 aromatic rings. The van der Waals surface area contributed by atoms with E-state index in [1.165, 1.54) is 30.5 Å². The fraction of sp³-hybridized carbons (Fsp3) is 0.353. The summed E-state index contributed by atoms with van der Waals surface area (Å²) >= 11 is 0. The third kappa shape index (κ3) is 4.56. The van der Waals surface area contributed by atoms with Crippen molar-refractivity contribution in [2.45, 2.75) is 31.7 Å². The van der Waals surface area contributed by atoms with Crippen LogP contribution in [0.15, 0.2) is 41.0 Å². The highest BCUT2D eigenvalue weighted by atomic mass is 19.1. The summed E-state index contributed by atoms with van der Waals surface area (Å²) in [5.41, 5.74) is 11.7. The average Bonchev–Trinajstić information content (AvgIpc) is 2.57. The maximum Gasteiger partial charge on any atom is 0.253 e. The van der Waals surface area contributed by atoms with Crippen LogP contribution in [-0.4, -0.2) is 17.8 Å². The number of carbonyl (C=O) groups is 1. The van der Waals surface area contributed by atoms with Gasteiger partial charge in [-0.3, -0.25) is 4.79 Å². The number of nitrogens with zero attached hydrogens (tertiary/aromatic N) is 2. The first-order valence-corrected chi connectivity index (χ1v) is 7.77. The Labute approximate surface area is 140 Å². The number of rotatable bonds is 5. The number of hydrogen-bond acceptors (Lipinski definition) is 4.